The summed E-state index contributed by atoms with van der Waals surface area (Å²) in [7, 11) is 0. The van der Waals surface area contributed by atoms with E-state index in [9.17, 15) is 28.8 Å². The van der Waals surface area contributed by atoms with Crippen LogP contribution in [0.25, 0.3) is 0 Å². The predicted molar refractivity (Wildman–Crippen MR) is 156 cm³/mol. The smallest absolute Gasteiger partial charge is 0.343 e. The van der Waals surface area contributed by atoms with Crippen molar-refractivity contribution in [3.05, 3.63) is 60.1 Å². The van der Waals surface area contributed by atoms with Crippen molar-refractivity contribution < 1.29 is 56.9 Å². The summed E-state index contributed by atoms with van der Waals surface area (Å²) in [5, 5.41) is 0. The molecule has 0 saturated carbocycles. The summed E-state index contributed by atoms with van der Waals surface area (Å²) < 4.78 is 30.0. The van der Waals surface area contributed by atoms with E-state index in [2.05, 4.69) is 9.15 Å². The zero-order valence-corrected chi connectivity index (χ0v) is 25.7. The summed E-state index contributed by atoms with van der Waals surface area (Å²) in [5.41, 5.74) is -1.70. The second-order valence-electron chi connectivity index (χ2n) is 11.9. The molecule has 11 heterocycles. The topological polar surface area (TPSA) is 162 Å². The van der Waals surface area contributed by atoms with Gasteiger partial charge in [-0.2, -0.15) is 35.3 Å². The number of carbonyl (C=O) groups is 6. The zero-order chi connectivity index (χ0) is 31.2. The average Bonchev–Trinajstić information content (AvgIpc) is 3.88. The Labute approximate surface area is 268 Å². The number of rotatable bonds is 0. The van der Waals surface area contributed by atoms with Crippen LogP contribution in [0, 0.1) is 21.7 Å². The van der Waals surface area contributed by atoms with Crippen LogP contribution in [0.15, 0.2) is 64.5 Å². The van der Waals surface area contributed by atoms with E-state index in [-0.39, 0.29) is 48.3 Å². The maximum absolute atomic E-state index is 11.9. The maximum Gasteiger partial charge on any atom is 0.343 e. The van der Waals surface area contributed by atoms with Gasteiger partial charge in [0.2, 0.25) is 0 Å². The van der Waals surface area contributed by atoms with Crippen LogP contribution in [-0.2, 0) is 52.5 Å². The molecule has 6 saturated heterocycles. The van der Waals surface area contributed by atoms with E-state index < -0.39 is 33.6 Å². The third-order valence-corrected chi connectivity index (χ3v) is 13.8. The van der Waals surface area contributed by atoms with Gasteiger partial charge in [0.25, 0.3) is 0 Å². The number of cyclic esters (lactones) is 6. The lowest BCUT2D eigenvalue weighted by Crippen LogP contribution is -2.50. The fourth-order valence-electron chi connectivity index (χ4n) is 7.82. The van der Waals surface area contributed by atoms with E-state index in [1.807, 2.05) is 36.4 Å². The van der Waals surface area contributed by atoms with Crippen LogP contribution in [0.4, 0.5) is 0 Å². The molecular formula is C30H24O12S3. The van der Waals surface area contributed by atoms with E-state index in [4.69, 9.17) is 18.9 Å². The minimum Gasteiger partial charge on any atom is -0.473 e. The van der Waals surface area contributed by atoms with Gasteiger partial charge in [-0.05, 0) is 12.1 Å². The molecule has 6 fully saturated rings. The monoisotopic (exact) mass is 672 g/mol. The Morgan fingerprint density at radius 1 is 0.511 bits per heavy atom. The van der Waals surface area contributed by atoms with Gasteiger partial charge in [-0.3, -0.25) is 19.2 Å². The Morgan fingerprint density at radius 2 is 0.867 bits per heavy atom. The van der Waals surface area contributed by atoms with Crippen molar-refractivity contribution in [3.8, 4) is 0 Å². The Hall–Kier alpha value is -3.11. The van der Waals surface area contributed by atoms with Gasteiger partial charge in [0.15, 0.2) is 0 Å². The van der Waals surface area contributed by atoms with Gasteiger partial charge in [-0.25, -0.2) is 9.59 Å². The number of esters is 6. The molecule has 12 nitrogen and oxygen atoms in total. The number of hydrogen-bond donors (Lipinski definition) is 0. The molecule has 0 aromatic carbocycles. The van der Waals surface area contributed by atoms with Gasteiger partial charge in [0.05, 0.1) is 48.1 Å². The number of thioether (sulfide) groups is 3. The third-order valence-electron chi connectivity index (χ3n) is 10.2. The highest BCUT2D eigenvalue weighted by molar-refractivity contribution is 8.00. The minimum atomic E-state index is -0.714. The SMILES string of the molecule is O=C1OC(=O)C23CSCC12C1C=CC3O1.O=C1OC(=O)C23CSCC12C1C=CC3O1.O=C1OC(=O)C2=C1CSC2.c1ccoc1. The average molecular weight is 673 g/mol. The molecule has 0 amide bonds. The van der Waals surface area contributed by atoms with Crippen LogP contribution in [0.1, 0.15) is 0 Å². The number of ether oxygens (including phenoxy) is 5. The molecule has 8 atom stereocenters. The molecule has 0 radical (unpaired) electrons. The Balaban J connectivity index is 0.0000000947. The molecule has 8 unspecified atom stereocenters. The maximum atomic E-state index is 11.9. The lowest BCUT2D eigenvalue weighted by molar-refractivity contribution is -0.161. The van der Waals surface area contributed by atoms with Crippen LogP contribution in [0.3, 0.4) is 0 Å². The minimum absolute atomic E-state index is 0.253. The molecule has 15 heteroatoms. The summed E-state index contributed by atoms with van der Waals surface area (Å²) in [6.07, 6.45) is 9.83. The van der Waals surface area contributed by atoms with Gasteiger partial charge in [-0.1, -0.05) is 24.3 Å². The molecule has 10 aliphatic heterocycles. The molecular weight excluding hydrogens is 649 g/mol. The number of hydrogen-bond acceptors (Lipinski definition) is 15. The van der Waals surface area contributed by atoms with Crippen molar-refractivity contribution >= 4 is 71.1 Å². The summed E-state index contributed by atoms with van der Waals surface area (Å²) in [6, 6.07) is 3.67. The van der Waals surface area contributed by atoms with Crippen molar-refractivity contribution in [2.75, 3.05) is 34.5 Å². The summed E-state index contributed by atoms with van der Waals surface area (Å²) in [5.74, 6) is 1.44. The van der Waals surface area contributed by atoms with Crippen molar-refractivity contribution in [1.82, 2.24) is 0 Å². The van der Waals surface area contributed by atoms with Crippen molar-refractivity contribution in [2.24, 2.45) is 21.7 Å². The molecule has 45 heavy (non-hydrogen) atoms. The largest absolute Gasteiger partial charge is 0.473 e. The Morgan fingerprint density at radius 3 is 1.18 bits per heavy atom. The van der Waals surface area contributed by atoms with E-state index in [0.29, 0.717) is 45.7 Å². The van der Waals surface area contributed by atoms with Crippen molar-refractivity contribution in [3.63, 3.8) is 0 Å². The lowest BCUT2D eigenvalue weighted by atomic mass is 9.61. The van der Waals surface area contributed by atoms with Crippen LogP contribution in [0.2, 0.25) is 0 Å². The first kappa shape index (κ1) is 29.3. The molecule has 4 bridgehead atoms. The zero-order valence-electron chi connectivity index (χ0n) is 23.3. The van der Waals surface area contributed by atoms with Crippen LogP contribution >= 0.6 is 35.3 Å². The van der Waals surface area contributed by atoms with Crippen LogP contribution in [0.5, 0.6) is 0 Å². The fraction of sp³-hybridized carbons (Fsp3) is 0.467. The standard InChI is InChI=1S/2C10H8O4S.C6H4O3S.C4H4O/c2*11-7-9-3-15-4-10(9,8(12)14-7)6-2-1-5(9)13-6;7-5-3-1-10-2-4(3)6(8)9-5;1-2-4-5-3-1/h2*1-2,5-6H,3-4H2;1-2H2;1-4H. The molecule has 1 aromatic heterocycles. The van der Waals surface area contributed by atoms with E-state index in [1.165, 1.54) is 0 Å². The molecule has 1 aromatic rings. The van der Waals surface area contributed by atoms with E-state index in [0.717, 1.165) is 0 Å². The first-order chi connectivity index (χ1) is 21.7. The summed E-state index contributed by atoms with van der Waals surface area (Å²) in [6.45, 7) is 0. The Bertz CT molecular complexity index is 1450. The molecule has 10 aliphatic rings. The molecule has 11 rings (SSSR count). The van der Waals surface area contributed by atoms with Gasteiger partial charge >= 0.3 is 35.8 Å². The van der Waals surface area contributed by atoms with Gasteiger partial charge in [-0.15, -0.1) is 0 Å². The van der Waals surface area contributed by atoms with Crippen molar-refractivity contribution in [1.29, 1.82) is 0 Å². The van der Waals surface area contributed by atoms with Crippen LogP contribution < -0.4 is 0 Å². The van der Waals surface area contributed by atoms with Crippen molar-refractivity contribution in [2.45, 2.75) is 24.4 Å². The Kier molecular flexibility index (Phi) is 6.64. The fourth-order valence-corrected chi connectivity index (χ4v) is 12.6. The summed E-state index contributed by atoms with van der Waals surface area (Å²) in [4.78, 5) is 69.0. The highest BCUT2D eigenvalue weighted by Gasteiger charge is 2.83. The van der Waals surface area contributed by atoms with Gasteiger partial charge in [0, 0.05) is 34.5 Å². The molecule has 0 N–H and O–H groups in total. The van der Waals surface area contributed by atoms with Gasteiger partial charge in [0.1, 0.15) is 21.7 Å². The molecule has 234 valence electrons. The lowest BCUT2D eigenvalue weighted by Gasteiger charge is -2.30. The number of furan rings is 1. The first-order valence-electron chi connectivity index (χ1n) is 14.1. The first-order valence-corrected chi connectivity index (χ1v) is 17.6. The normalized spacial score (nSPS) is 42.6. The number of carbonyl (C=O) groups excluding carboxylic acids is 6. The van der Waals surface area contributed by atoms with E-state index >= 15 is 0 Å². The highest BCUT2D eigenvalue weighted by atomic mass is 32.2. The second-order valence-corrected chi connectivity index (χ2v) is 14.8. The summed E-state index contributed by atoms with van der Waals surface area (Å²) >= 11 is 4.88. The van der Waals surface area contributed by atoms with E-state index in [1.54, 1.807) is 47.8 Å². The quantitative estimate of drug-likeness (QED) is 0.169. The molecule has 0 spiro atoms. The predicted octanol–water partition coefficient (Wildman–Crippen LogP) is 1.65. The third kappa shape index (κ3) is 3.56. The highest BCUT2D eigenvalue weighted by Crippen LogP contribution is 2.68. The number of fused-ring (bicyclic) bond motifs is 4. The van der Waals surface area contributed by atoms with Gasteiger partial charge < -0.3 is 28.1 Å². The van der Waals surface area contributed by atoms with Crippen LogP contribution in [-0.4, -0.2) is 94.7 Å². The molecule has 0 aliphatic carbocycles. The second kappa shape index (κ2) is 10.2.